The maximum atomic E-state index is 11.7. The molecule has 0 atom stereocenters. The Kier molecular flexibility index (Phi) is 4.36. The highest BCUT2D eigenvalue weighted by atomic mass is 16.5. The Morgan fingerprint density at radius 1 is 1.39 bits per heavy atom. The van der Waals surface area contributed by atoms with Crippen LogP contribution in [-0.4, -0.2) is 23.7 Å². The summed E-state index contributed by atoms with van der Waals surface area (Å²) >= 11 is 0. The molecule has 1 aromatic rings. The highest BCUT2D eigenvalue weighted by molar-refractivity contribution is 5.78. The summed E-state index contributed by atoms with van der Waals surface area (Å²) in [5, 5.41) is 10.0. The average molecular weight is 251 g/mol. The van der Waals surface area contributed by atoms with Crippen molar-refractivity contribution >= 4 is 5.91 Å². The van der Waals surface area contributed by atoms with E-state index in [1.54, 1.807) is 0 Å². The lowest BCUT2D eigenvalue weighted by Crippen LogP contribution is -2.37. The normalized spacial score (nSPS) is 16.1. The summed E-state index contributed by atoms with van der Waals surface area (Å²) < 4.78 is 5.05. The molecule has 1 aromatic heterocycles. The highest BCUT2D eigenvalue weighted by Crippen LogP contribution is 2.17. The molecule has 18 heavy (non-hydrogen) atoms. The first-order chi connectivity index (χ1) is 8.66. The minimum absolute atomic E-state index is 0.0295. The fraction of sp³-hybridized carbons (Fsp3) is 0.692. The third-order valence-corrected chi connectivity index (χ3v) is 3.55. The van der Waals surface area contributed by atoms with Crippen LogP contribution >= 0.6 is 0 Å². The zero-order chi connectivity index (χ0) is 13.0. The molecule has 1 amide bonds. The van der Waals surface area contributed by atoms with Gasteiger partial charge >= 0.3 is 0 Å². The van der Waals surface area contributed by atoms with Crippen molar-refractivity contribution in [2.24, 2.45) is 0 Å². The third kappa shape index (κ3) is 3.32. The Morgan fingerprint density at radius 3 is 2.72 bits per heavy atom. The van der Waals surface area contributed by atoms with Crippen LogP contribution < -0.4 is 10.6 Å². The number of carbonyl (C=O) groups is 1. The van der Waals surface area contributed by atoms with Crippen LogP contribution in [-0.2, 0) is 11.3 Å². The predicted octanol–water partition coefficient (Wildman–Crippen LogP) is 1.44. The van der Waals surface area contributed by atoms with Gasteiger partial charge in [0.2, 0.25) is 5.91 Å². The lowest BCUT2D eigenvalue weighted by molar-refractivity contribution is -0.120. The van der Waals surface area contributed by atoms with Gasteiger partial charge in [0.05, 0.1) is 12.2 Å². The lowest BCUT2D eigenvalue weighted by atomic mass is 10.2. The molecule has 1 heterocycles. The van der Waals surface area contributed by atoms with Crippen molar-refractivity contribution in [3.63, 3.8) is 0 Å². The Morgan fingerprint density at radius 2 is 2.11 bits per heavy atom. The molecule has 0 saturated heterocycles. The van der Waals surface area contributed by atoms with Crippen LogP contribution in [0.1, 0.15) is 42.7 Å². The second-order valence-corrected chi connectivity index (χ2v) is 4.94. The van der Waals surface area contributed by atoms with Gasteiger partial charge in [-0.15, -0.1) is 0 Å². The average Bonchev–Trinajstić information content (AvgIpc) is 2.96. The first kappa shape index (κ1) is 13.1. The van der Waals surface area contributed by atoms with E-state index < -0.39 is 0 Å². The van der Waals surface area contributed by atoms with E-state index in [2.05, 4.69) is 15.8 Å². The van der Waals surface area contributed by atoms with Crippen LogP contribution in [0.4, 0.5) is 0 Å². The molecule has 5 nitrogen and oxygen atoms in total. The van der Waals surface area contributed by atoms with Crippen LogP contribution in [0.15, 0.2) is 4.52 Å². The van der Waals surface area contributed by atoms with E-state index in [-0.39, 0.29) is 5.91 Å². The molecule has 0 bridgehead atoms. The van der Waals surface area contributed by atoms with Crippen LogP contribution in [0, 0.1) is 13.8 Å². The molecule has 2 N–H and O–H groups in total. The molecule has 0 aromatic carbocycles. The quantitative estimate of drug-likeness (QED) is 0.831. The molecule has 5 heteroatoms. The molecular formula is C13H21N3O2. The number of aromatic nitrogens is 1. The van der Waals surface area contributed by atoms with Crippen LogP contribution in [0.25, 0.3) is 0 Å². The first-order valence-corrected chi connectivity index (χ1v) is 6.58. The monoisotopic (exact) mass is 251 g/mol. The van der Waals surface area contributed by atoms with Gasteiger partial charge < -0.3 is 15.2 Å². The molecular weight excluding hydrogens is 230 g/mol. The Hall–Kier alpha value is -1.36. The Bertz CT molecular complexity index is 389. The Balaban J connectivity index is 1.71. The van der Waals surface area contributed by atoms with Crippen molar-refractivity contribution in [1.82, 2.24) is 15.8 Å². The van der Waals surface area contributed by atoms with E-state index >= 15 is 0 Å². The first-order valence-electron chi connectivity index (χ1n) is 6.58. The van der Waals surface area contributed by atoms with Gasteiger partial charge in [0.1, 0.15) is 5.76 Å². The standard InChI is InChI=1S/C13H21N3O2/c1-9-12(10(2)18-16-9)7-15-13(17)8-14-11-5-3-4-6-11/h11,14H,3-8H2,1-2H3,(H,15,17). The number of hydrogen-bond acceptors (Lipinski definition) is 4. The van der Waals surface area contributed by atoms with Crippen LogP contribution in [0.2, 0.25) is 0 Å². The SMILES string of the molecule is Cc1noc(C)c1CNC(=O)CNC1CCCC1. The summed E-state index contributed by atoms with van der Waals surface area (Å²) in [5.74, 6) is 0.804. The second kappa shape index (κ2) is 6.00. The number of nitrogens with zero attached hydrogens (tertiary/aromatic N) is 1. The minimum Gasteiger partial charge on any atom is -0.361 e. The van der Waals surface area contributed by atoms with Crippen molar-refractivity contribution in [3.8, 4) is 0 Å². The molecule has 0 radical (unpaired) electrons. The molecule has 1 saturated carbocycles. The zero-order valence-corrected chi connectivity index (χ0v) is 11.1. The fourth-order valence-electron chi connectivity index (χ4n) is 2.37. The van der Waals surface area contributed by atoms with E-state index in [0.717, 1.165) is 17.0 Å². The van der Waals surface area contributed by atoms with Crippen molar-refractivity contribution in [1.29, 1.82) is 0 Å². The number of nitrogens with one attached hydrogen (secondary N) is 2. The van der Waals surface area contributed by atoms with Crippen molar-refractivity contribution < 1.29 is 9.32 Å². The zero-order valence-electron chi connectivity index (χ0n) is 11.1. The second-order valence-electron chi connectivity index (χ2n) is 4.94. The molecule has 100 valence electrons. The van der Waals surface area contributed by atoms with Gasteiger partial charge in [-0.1, -0.05) is 18.0 Å². The Labute approximate surface area is 107 Å². The maximum Gasteiger partial charge on any atom is 0.234 e. The lowest BCUT2D eigenvalue weighted by Gasteiger charge is -2.11. The molecule has 0 aliphatic heterocycles. The molecule has 1 aliphatic rings. The van der Waals surface area contributed by atoms with Crippen molar-refractivity contribution in [2.75, 3.05) is 6.54 Å². The predicted molar refractivity (Wildman–Crippen MR) is 68.1 cm³/mol. The molecule has 1 aliphatic carbocycles. The van der Waals surface area contributed by atoms with Gasteiger partial charge in [0.15, 0.2) is 0 Å². The summed E-state index contributed by atoms with van der Waals surface area (Å²) in [5.41, 5.74) is 1.82. The van der Waals surface area contributed by atoms with Gasteiger partial charge in [-0.05, 0) is 26.7 Å². The summed E-state index contributed by atoms with van der Waals surface area (Å²) in [4.78, 5) is 11.7. The van der Waals surface area contributed by atoms with Crippen LogP contribution in [0.3, 0.4) is 0 Å². The molecule has 2 rings (SSSR count). The number of rotatable bonds is 5. The summed E-state index contributed by atoms with van der Waals surface area (Å²) in [6.45, 7) is 4.63. The minimum atomic E-state index is 0.0295. The van der Waals surface area contributed by atoms with E-state index in [1.807, 2.05) is 13.8 Å². The van der Waals surface area contributed by atoms with E-state index in [4.69, 9.17) is 4.52 Å². The fourth-order valence-corrected chi connectivity index (χ4v) is 2.37. The topological polar surface area (TPSA) is 67.2 Å². The van der Waals surface area contributed by atoms with Gasteiger partial charge in [0, 0.05) is 18.2 Å². The highest BCUT2D eigenvalue weighted by Gasteiger charge is 2.15. The number of aryl methyl sites for hydroxylation is 2. The summed E-state index contributed by atoms with van der Waals surface area (Å²) in [7, 11) is 0. The number of amides is 1. The van der Waals surface area contributed by atoms with E-state index in [1.165, 1.54) is 25.7 Å². The maximum absolute atomic E-state index is 11.7. The largest absolute Gasteiger partial charge is 0.361 e. The van der Waals surface area contributed by atoms with E-state index in [9.17, 15) is 4.79 Å². The van der Waals surface area contributed by atoms with Crippen LogP contribution in [0.5, 0.6) is 0 Å². The summed E-state index contributed by atoms with van der Waals surface area (Å²) in [6.07, 6.45) is 4.94. The van der Waals surface area contributed by atoms with E-state index in [0.29, 0.717) is 19.1 Å². The number of hydrogen-bond donors (Lipinski definition) is 2. The summed E-state index contributed by atoms with van der Waals surface area (Å²) in [6, 6.07) is 0.523. The van der Waals surface area contributed by atoms with Gasteiger partial charge in [-0.25, -0.2) is 0 Å². The molecule has 0 spiro atoms. The van der Waals surface area contributed by atoms with Crippen molar-refractivity contribution in [3.05, 3.63) is 17.0 Å². The van der Waals surface area contributed by atoms with Gasteiger partial charge in [-0.2, -0.15) is 0 Å². The molecule has 1 fully saturated rings. The van der Waals surface area contributed by atoms with Gasteiger partial charge in [-0.3, -0.25) is 4.79 Å². The molecule has 0 unspecified atom stereocenters. The number of carbonyl (C=O) groups excluding carboxylic acids is 1. The van der Waals surface area contributed by atoms with Gasteiger partial charge in [0.25, 0.3) is 0 Å². The smallest absolute Gasteiger partial charge is 0.234 e. The van der Waals surface area contributed by atoms with Crippen molar-refractivity contribution in [2.45, 2.75) is 52.1 Å². The third-order valence-electron chi connectivity index (χ3n) is 3.55.